The SMILES string of the molecule is Cc1ccc(N2CC(CS)CC2=O)cc1F. The minimum atomic E-state index is -0.264. The Labute approximate surface area is 99.9 Å². The maximum Gasteiger partial charge on any atom is 0.227 e. The molecule has 16 heavy (non-hydrogen) atoms. The fraction of sp³-hybridized carbons (Fsp3) is 0.417. The summed E-state index contributed by atoms with van der Waals surface area (Å²) in [5.74, 6) is 0.762. The summed E-state index contributed by atoms with van der Waals surface area (Å²) in [6.07, 6.45) is 0.513. The van der Waals surface area contributed by atoms with Gasteiger partial charge in [-0.05, 0) is 36.3 Å². The molecule has 0 radical (unpaired) electrons. The molecule has 1 aliphatic rings. The monoisotopic (exact) mass is 239 g/mol. The highest BCUT2D eigenvalue weighted by Crippen LogP contribution is 2.26. The van der Waals surface area contributed by atoms with Gasteiger partial charge in [-0.3, -0.25) is 4.79 Å². The predicted octanol–water partition coefficient (Wildman–Crippen LogP) is 2.42. The van der Waals surface area contributed by atoms with Gasteiger partial charge in [0, 0.05) is 18.7 Å². The molecule has 1 amide bonds. The van der Waals surface area contributed by atoms with Crippen LogP contribution < -0.4 is 4.90 Å². The molecular weight excluding hydrogens is 225 g/mol. The van der Waals surface area contributed by atoms with Crippen LogP contribution in [0.25, 0.3) is 0 Å². The quantitative estimate of drug-likeness (QED) is 0.786. The zero-order valence-electron chi connectivity index (χ0n) is 9.11. The van der Waals surface area contributed by atoms with Crippen molar-refractivity contribution in [3.63, 3.8) is 0 Å². The van der Waals surface area contributed by atoms with E-state index in [1.54, 1.807) is 24.0 Å². The molecule has 2 nitrogen and oxygen atoms in total. The van der Waals surface area contributed by atoms with Crippen LogP contribution in [-0.4, -0.2) is 18.2 Å². The number of carbonyl (C=O) groups is 1. The lowest BCUT2D eigenvalue weighted by atomic mass is 10.1. The molecule has 1 saturated heterocycles. The molecule has 4 heteroatoms. The first kappa shape index (κ1) is 11.5. The Morgan fingerprint density at radius 2 is 2.31 bits per heavy atom. The minimum Gasteiger partial charge on any atom is -0.312 e. The molecule has 1 aliphatic heterocycles. The molecule has 0 aliphatic carbocycles. The molecule has 0 aromatic heterocycles. The molecule has 1 unspecified atom stereocenters. The Hall–Kier alpha value is -1.03. The lowest BCUT2D eigenvalue weighted by Crippen LogP contribution is -2.24. The molecule has 2 rings (SSSR count). The minimum absolute atomic E-state index is 0.0577. The molecule has 86 valence electrons. The van der Waals surface area contributed by atoms with Crippen molar-refractivity contribution in [2.45, 2.75) is 13.3 Å². The standard InChI is InChI=1S/C12H14FNOS/c1-8-2-3-10(5-11(8)13)14-6-9(7-16)4-12(14)15/h2-3,5,9,16H,4,6-7H2,1H3. The number of rotatable bonds is 2. The number of carbonyl (C=O) groups excluding carboxylic acids is 1. The first-order valence-electron chi connectivity index (χ1n) is 5.29. The van der Waals surface area contributed by atoms with Crippen LogP contribution in [0.2, 0.25) is 0 Å². The number of halogens is 1. The largest absolute Gasteiger partial charge is 0.312 e. The first-order chi connectivity index (χ1) is 7.61. The van der Waals surface area contributed by atoms with Crippen molar-refractivity contribution in [2.24, 2.45) is 5.92 Å². The van der Waals surface area contributed by atoms with E-state index in [9.17, 15) is 9.18 Å². The van der Waals surface area contributed by atoms with E-state index in [0.717, 1.165) is 0 Å². The average molecular weight is 239 g/mol. The molecule has 1 aromatic rings. The van der Waals surface area contributed by atoms with E-state index in [4.69, 9.17) is 0 Å². The van der Waals surface area contributed by atoms with E-state index in [0.29, 0.717) is 30.0 Å². The summed E-state index contributed by atoms with van der Waals surface area (Å²) < 4.78 is 13.4. The molecule has 1 fully saturated rings. The topological polar surface area (TPSA) is 20.3 Å². The molecule has 0 bridgehead atoms. The van der Waals surface area contributed by atoms with Crippen LogP contribution in [0, 0.1) is 18.7 Å². The van der Waals surface area contributed by atoms with E-state index >= 15 is 0 Å². The van der Waals surface area contributed by atoms with Gasteiger partial charge in [0.15, 0.2) is 0 Å². The molecule has 1 heterocycles. The number of amides is 1. The number of thiol groups is 1. The zero-order valence-corrected chi connectivity index (χ0v) is 10.0. The van der Waals surface area contributed by atoms with Crippen LogP contribution >= 0.6 is 12.6 Å². The maximum absolute atomic E-state index is 13.4. The Morgan fingerprint density at radius 3 is 2.88 bits per heavy atom. The molecule has 0 spiro atoms. The van der Waals surface area contributed by atoms with E-state index in [2.05, 4.69) is 12.6 Å². The van der Waals surface area contributed by atoms with Gasteiger partial charge in [-0.25, -0.2) is 4.39 Å². The van der Waals surface area contributed by atoms with Gasteiger partial charge in [0.1, 0.15) is 5.82 Å². The van der Waals surface area contributed by atoms with Crippen LogP contribution in [0.1, 0.15) is 12.0 Å². The number of nitrogens with zero attached hydrogens (tertiary/aromatic N) is 1. The highest BCUT2D eigenvalue weighted by Gasteiger charge is 2.29. The van der Waals surface area contributed by atoms with Gasteiger partial charge in [-0.1, -0.05) is 6.07 Å². The summed E-state index contributed by atoms with van der Waals surface area (Å²) in [6.45, 7) is 2.35. The van der Waals surface area contributed by atoms with Gasteiger partial charge in [0.05, 0.1) is 0 Å². The van der Waals surface area contributed by atoms with Gasteiger partial charge in [0.2, 0.25) is 5.91 Å². The lowest BCUT2D eigenvalue weighted by Gasteiger charge is -2.16. The van der Waals surface area contributed by atoms with Gasteiger partial charge >= 0.3 is 0 Å². The fourth-order valence-electron chi connectivity index (χ4n) is 1.90. The Kier molecular flexibility index (Phi) is 3.19. The number of hydrogen-bond acceptors (Lipinski definition) is 2. The highest BCUT2D eigenvalue weighted by atomic mass is 32.1. The Bertz CT molecular complexity index is 421. The summed E-state index contributed by atoms with van der Waals surface area (Å²) >= 11 is 4.19. The van der Waals surface area contributed by atoms with Gasteiger partial charge in [-0.15, -0.1) is 0 Å². The summed E-state index contributed by atoms with van der Waals surface area (Å²) in [4.78, 5) is 13.4. The average Bonchev–Trinajstić information content (AvgIpc) is 2.64. The third kappa shape index (κ3) is 2.07. The zero-order chi connectivity index (χ0) is 11.7. The van der Waals surface area contributed by atoms with Crippen molar-refractivity contribution in [3.05, 3.63) is 29.6 Å². The van der Waals surface area contributed by atoms with Crippen LogP contribution in [0.15, 0.2) is 18.2 Å². The van der Waals surface area contributed by atoms with Gasteiger partial charge < -0.3 is 4.90 Å². The fourth-order valence-corrected chi connectivity index (χ4v) is 2.15. The van der Waals surface area contributed by atoms with Gasteiger partial charge in [-0.2, -0.15) is 12.6 Å². The van der Waals surface area contributed by atoms with Crippen molar-refractivity contribution in [2.75, 3.05) is 17.2 Å². The van der Waals surface area contributed by atoms with E-state index < -0.39 is 0 Å². The highest BCUT2D eigenvalue weighted by molar-refractivity contribution is 7.80. The van der Waals surface area contributed by atoms with Crippen LogP contribution in [0.5, 0.6) is 0 Å². The van der Waals surface area contributed by atoms with Crippen molar-refractivity contribution >= 4 is 24.2 Å². The summed E-state index contributed by atoms with van der Waals surface area (Å²) in [5.41, 5.74) is 1.25. The van der Waals surface area contributed by atoms with Crippen molar-refractivity contribution in [1.29, 1.82) is 0 Å². The van der Waals surface area contributed by atoms with Crippen molar-refractivity contribution < 1.29 is 9.18 Å². The summed E-state index contributed by atoms with van der Waals surface area (Å²) in [6, 6.07) is 4.91. The predicted molar refractivity (Wildman–Crippen MR) is 65.5 cm³/mol. The van der Waals surface area contributed by atoms with Crippen molar-refractivity contribution in [1.82, 2.24) is 0 Å². The number of anilines is 1. The third-order valence-corrected chi connectivity index (χ3v) is 3.45. The Balaban J connectivity index is 2.24. The van der Waals surface area contributed by atoms with Gasteiger partial charge in [0.25, 0.3) is 0 Å². The van der Waals surface area contributed by atoms with Crippen molar-refractivity contribution in [3.8, 4) is 0 Å². The second-order valence-corrected chi connectivity index (χ2v) is 4.56. The second-order valence-electron chi connectivity index (χ2n) is 4.19. The lowest BCUT2D eigenvalue weighted by molar-refractivity contribution is -0.117. The van der Waals surface area contributed by atoms with Crippen LogP contribution in [-0.2, 0) is 4.79 Å². The normalized spacial score (nSPS) is 20.6. The Morgan fingerprint density at radius 1 is 1.56 bits per heavy atom. The maximum atomic E-state index is 13.4. The van der Waals surface area contributed by atoms with E-state index in [1.807, 2.05) is 0 Å². The van der Waals surface area contributed by atoms with Crippen LogP contribution in [0.4, 0.5) is 10.1 Å². The second kappa shape index (κ2) is 4.45. The molecule has 1 aromatic carbocycles. The molecular formula is C12H14FNOS. The van der Waals surface area contributed by atoms with Crippen LogP contribution in [0.3, 0.4) is 0 Å². The third-order valence-electron chi connectivity index (χ3n) is 2.93. The molecule has 1 atom stereocenters. The number of aryl methyl sites for hydroxylation is 1. The number of hydrogen-bond donors (Lipinski definition) is 1. The molecule has 0 N–H and O–H groups in total. The first-order valence-corrected chi connectivity index (χ1v) is 5.92. The summed E-state index contributed by atoms with van der Waals surface area (Å²) in [7, 11) is 0. The van der Waals surface area contributed by atoms with E-state index in [-0.39, 0.29) is 17.6 Å². The summed E-state index contributed by atoms with van der Waals surface area (Å²) in [5, 5.41) is 0. The number of benzene rings is 1. The smallest absolute Gasteiger partial charge is 0.227 e. The van der Waals surface area contributed by atoms with E-state index in [1.165, 1.54) is 6.07 Å². The molecule has 0 saturated carbocycles.